The van der Waals surface area contributed by atoms with Crippen LogP contribution in [0.15, 0.2) is 72.9 Å². The zero-order valence-electron chi connectivity index (χ0n) is 42.7. The van der Waals surface area contributed by atoms with Crippen LogP contribution in [-0.4, -0.2) is 37.2 Å². The Kier molecular flexibility index (Phi) is 50.9. The van der Waals surface area contributed by atoms with Crippen LogP contribution in [0.1, 0.15) is 265 Å². The zero-order valence-corrected chi connectivity index (χ0v) is 42.7. The number of allylic oxidation sites excluding steroid dienone is 12. The van der Waals surface area contributed by atoms with Gasteiger partial charge in [0.15, 0.2) is 6.10 Å². The third-order valence-corrected chi connectivity index (χ3v) is 11.7. The minimum absolute atomic E-state index is 0.0838. The first-order valence-corrected chi connectivity index (χ1v) is 27.4. The number of esters is 3. The molecule has 0 saturated heterocycles. The molecule has 0 rings (SSSR count). The number of ether oxygens (including phenoxy) is 3. The summed E-state index contributed by atoms with van der Waals surface area (Å²) in [5.41, 5.74) is 0. The molecule has 0 aromatic rings. The van der Waals surface area contributed by atoms with Crippen LogP contribution >= 0.6 is 0 Å². The van der Waals surface area contributed by atoms with Crippen LogP contribution < -0.4 is 0 Å². The molecule has 0 saturated carbocycles. The first-order valence-electron chi connectivity index (χ1n) is 27.4. The third kappa shape index (κ3) is 51.7. The van der Waals surface area contributed by atoms with Gasteiger partial charge in [-0.3, -0.25) is 14.4 Å². The van der Waals surface area contributed by atoms with Crippen molar-refractivity contribution in [3.63, 3.8) is 0 Å². The maximum atomic E-state index is 12.8. The molecule has 0 heterocycles. The van der Waals surface area contributed by atoms with Crippen LogP contribution in [0, 0.1) is 0 Å². The summed E-state index contributed by atoms with van der Waals surface area (Å²) in [4.78, 5) is 38.0. The average molecular weight is 907 g/mol. The smallest absolute Gasteiger partial charge is 0.306 e. The Labute approximate surface area is 402 Å². The number of carbonyl (C=O) groups is 3. The summed E-state index contributed by atoms with van der Waals surface area (Å²) in [6.45, 7) is 6.48. The molecular formula is C59H102O6. The fourth-order valence-corrected chi connectivity index (χ4v) is 7.58. The molecule has 0 amide bonds. The monoisotopic (exact) mass is 907 g/mol. The second-order valence-corrected chi connectivity index (χ2v) is 18.1. The standard InChI is InChI=1S/C59H102O6/c1-4-7-10-13-16-19-21-23-25-26-27-28-29-30-31-32-34-35-37-40-43-46-49-52-58(61)64-55-56(54-63-57(60)51-48-45-42-39-18-15-12-9-6-3)65-59(62)53-50-47-44-41-38-36-33-24-22-20-17-14-11-8-5-2/h8,11,17,20-21,23-24,26-27,29-30,33,56H,4-7,9-10,12-16,18-19,22,25,28,31-32,34-55H2,1-3H3/b11-8-,20-17-,23-21-,27-26-,30-29-,33-24-. The summed E-state index contributed by atoms with van der Waals surface area (Å²) in [7, 11) is 0. The van der Waals surface area contributed by atoms with Crippen molar-refractivity contribution in [1.82, 2.24) is 0 Å². The van der Waals surface area contributed by atoms with E-state index >= 15 is 0 Å². The molecule has 0 bridgehead atoms. The normalized spacial score (nSPS) is 12.6. The molecule has 0 aliphatic heterocycles. The van der Waals surface area contributed by atoms with E-state index in [4.69, 9.17) is 14.2 Å². The molecule has 0 aliphatic carbocycles. The summed E-state index contributed by atoms with van der Waals surface area (Å²) >= 11 is 0. The van der Waals surface area contributed by atoms with Gasteiger partial charge >= 0.3 is 17.9 Å². The van der Waals surface area contributed by atoms with Crippen molar-refractivity contribution in [3.05, 3.63) is 72.9 Å². The Balaban J connectivity index is 4.29. The first kappa shape index (κ1) is 61.9. The van der Waals surface area contributed by atoms with Crippen molar-refractivity contribution in [2.24, 2.45) is 0 Å². The van der Waals surface area contributed by atoms with Crippen LogP contribution in [-0.2, 0) is 28.6 Å². The maximum absolute atomic E-state index is 12.8. The lowest BCUT2D eigenvalue weighted by atomic mass is 10.1. The van der Waals surface area contributed by atoms with Gasteiger partial charge in [-0.15, -0.1) is 0 Å². The third-order valence-electron chi connectivity index (χ3n) is 11.7. The largest absolute Gasteiger partial charge is 0.462 e. The molecule has 0 aromatic carbocycles. The highest BCUT2D eigenvalue weighted by molar-refractivity contribution is 5.71. The summed E-state index contributed by atoms with van der Waals surface area (Å²) in [6.07, 6.45) is 67.5. The Bertz CT molecular complexity index is 1230. The van der Waals surface area contributed by atoms with E-state index in [1.165, 1.54) is 109 Å². The zero-order chi connectivity index (χ0) is 47.2. The number of unbranched alkanes of at least 4 members (excludes halogenated alkanes) is 26. The predicted octanol–water partition coefficient (Wildman–Crippen LogP) is 18.2. The van der Waals surface area contributed by atoms with E-state index in [9.17, 15) is 14.4 Å². The first-order chi connectivity index (χ1) is 32.0. The number of carbonyl (C=O) groups excluding carboxylic acids is 3. The Hall–Kier alpha value is -3.15. The fraction of sp³-hybridized carbons (Fsp3) is 0.746. The molecule has 0 N–H and O–H groups in total. The van der Waals surface area contributed by atoms with Gasteiger partial charge in [-0.2, -0.15) is 0 Å². The summed E-state index contributed by atoms with van der Waals surface area (Å²) in [5.74, 6) is -0.907. The van der Waals surface area contributed by atoms with E-state index in [0.717, 1.165) is 116 Å². The Morgan fingerprint density at radius 1 is 0.323 bits per heavy atom. The second-order valence-electron chi connectivity index (χ2n) is 18.1. The van der Waals surface area contributed by atoms with Crippen molar-refractivity contribution in [1.29, 1.82) is 0 Å². The van der Waals surface area contributed by atoms with Gasteiger partial charge in [-0.1, -0.05) is 229 Å². The van der Waals surface area contributed by atoms with Gasteiger partial charge in [0.05, 0.1) is 0 Å². The quantitative estimate of drug-likeness (QED) is 0.0262. The number of rotatable bonds is 49. The molecule has 6 nitrogen and oxygen atoms in total. The van der Waals surface area contributed by atoms with Gasteiger partial charge in [-0.05, 0) is 89.9 Å². The number of hydrogen-bond donors (Lipinski definition) is 0. The van der Waals surface area contributed by atoms with Crippen molar-refractivity contribution in [2.45, 2.75) is 271 Å². The summed E-state index contributed by atoms with van der Waals surface area (Å²) < 4.78 is 16.8. The highest BCUT2D eigenvalue weighted by atomic mass is 16.6. The summed E-state index contributed by atoms with van der Waals surface area (Å²) in [6, 6.07) is 0. The summed E-state index contributed by atoms with van der Waals surface area (Å²) in [5, 5.41) is 0. The van der Waals surface area contributed by atoms with Crippen molar-refractivity contribution < 1.29 is 28.6 Å². The van der Waals surface area contributed by atoms with Gasteiger partial charge in [0.2, 0.25) is 0 Å². The van der Waals surface area contributed by atoms with Crippen LogP contribution in [0.4, 0.5) is 0 Å². The molecule has 6 heteroatoms. The van der Waals surface area contributed by atoms with E-state index < -0.39 is 6.10 Å². The number of hydrogen-bond acceptors (Lipinski definition) is 6. The topological polar surface area (TPSA) is 78.9 Å². The predicted molar refractivity (Wildman–Crippen MR) is 279 cm³/mol. The van der Waals surface area contributed by atoms with Crippen LogP contribution in [0.25, 0.3) is 0 Å². The molecule has 0 fully saturated rings. The van der Waals surface area contributed by atoms with E-state index in [0.29, 0.717) is 19.3 Å². The molecule has 0 aliphatic rings. The van der Waals surface area contributed by atoms with E-state index in [1.54, 1.807) is 0 Å². The van der Waals surface area contributed by atoms with Crippen LogP contribution in [0.3, 0.4) is 0 Å². The lowest BCUT2D eigenvalue weighted by molar-refractivity contribution is -0.167. The molecule has 0 aromatic heterocycles. The Morgan fingerprint density at radius 2 is 0.600 bits per heavy atom. The van der Waals surface area contributed by atoms with E-state index in [2.05, 4.69) is 93.7 Å². The van der Waals surface area contributed by atoms with Gasteiger partial charge in [-0.25, -0.2) is 0 Å². The van der Waals surface area contributed by atoms with Gasteiger partial charge in [0.25, 0.3) is 0 Å². The van der Waals surface area contributed by atoms with Gasteiger partial charge in [0, 0.05) is 19.3 Å². The molecule has 1 unspecified atom stereocenters. The molecule has 374 valence electrons. The highest BCUT2D eigenvalue weighted by Gasteiger charge is 2.19. The molecule has 65 heavy (non-hydrogen) atoms. The van der Waals surface area contributed by atoms with Crippen molar-refractivity contribution in [2.75, 3.05) is 13.2 Å². The average Bonchev–Trinajstić information content (AvgIpc) is 3.30. The Morgan fingerprint density at radius 3 is 0.938 bits per heavy atom. The minimum Gasteiger partial charge on any atom is -0.462 e. The van der Waals surface area contributed by atoms with Crippen molar-refractivity contribution in [3.8, 4) is 0 Å². The molecule has 1 atom stereocenters. The lowest BCUT2D eigenvalue weighted by Gasteiger charge is -2.18. The molecular weight excluding hydrogens is 805 g/mol. The van der Waals surface area contributed by atoms with Gasteiger partial charge < -0.3 is 14.2 Å². The molecule has 0 spiro atoms. The van der Waals surface area contributed by atoms with Crippen molar-refractivity contribution >= 4 is 17.9 Å². The second kappa shape index (κ2) is 53.5. The van der Waals surface area contributed by atoms with Crippen LogP contribution in [0.2, 0.25) is 0 Å². The maximum Gasteiger partial charge on any atom is 0.306 e. The van der Waals surface area contributed by atoms with Crippen LogP contribution in [0.5, 0.6) is 0 Å². The molecule has 0 radical (unpaired) electrons. The minimum atomic E-state index is -0.785. The van der Waals surface area contributed by atoms with E-state index in [-0.39, 0.29) is 31.1 Å². The lowest BCUT2D eigenvalue weighted by Crippen LogP contribution is -2.30. The van der Waals surface area contributed by atoms with Gasteiger partial charge in [0.1, 0.15) is 13.2 Å². The fourth-order valence-electron chi connectivity index (χ4n) is 7.58. The van der Waals surface area contributed by atoms with E-state index in [1.807, 2.05) is 0 Å². The SMILES string of the molecule is CC/C=C\C/C=C\C/C=C\CCCCCCCC(=O)OC(COC(=O)CCCCCCCCCCC)COC(=O)CCCCCCCCCC/C=C\C/C=C\C/C=C\CCCCCCC. The highest BCUT2D eigenvalue weighted by Crippen LogP contribution is 2.15.